The van der Waals surface area contributed by atoms with E-state index in [4.69, 9.17) is 0 Å². The van der Waals surface area contributed by atoms with Crippen LogP contribution in [0.2, 0.25) is 0 Å². The van der Waals surface area contributed by atoms with Gasteiger partial charge in [-0.25, -0.2) is 9.67 Å². The van der Waals surface area contributed by atoms with Crippen molar-refractivity contribution in [3.63, 3.8) is 0 Å². The maximum atomic E-state index is 10.3. The molecule has 1 aliphatic rings. The molecule has 0 aliphatic carbocycles. The number of piperidine rings is 1. The van der Waals surface area contributed by atoms with Gasteiger partial charge in [0, 0.05) is 32.0 Å². The van der Waals surface area contributed by atoms with Crippen LogP contribution < -0.4 is 0 Å². The Bertz CT molecular complexity index is 608. The molecular formula is C16H26N6O. The van der Waals surface area contributed by atoms with Crippen molar-refractivity contribution in [3.05, 3.63) is 30.1 Å². The molecule has 2 unspecified atom stereocenters. The highest BCUT2D eigenvalue weighted by Gasteiger charge is 2.23. The number of aromatic nitrogens is 5. The predicted molar refractivity (Wildman–Crippen MR) is 86.9 cm³/mol. The number of aliphatic hydroxyl groups excluding tert-OH is 1. The highest BCUT2D eigenvalue weighted by Crippen LogP contribution is 2.19. The average molecular weight is 318 g/mol. The first kappa shape index (κ1) is 16.1. The first-order valence-corrected chi connectivity index (χ1v) is 8.36. The molecule has 126 valence electrons. The topological polar surface area (TPSA) is 72.0 Å². The van der Waals surface area contributed by atoms with Crippen LogP contribution in [-0.2, 0) is 13.1 Å². The Morgan fingerprint density at radius 3 is 2.91 bits per heavy atom. The molecule has 2 aromatic heterocycles. The fraction of sp³-hybridized carbons (Fsp3) is 0.688. The van der Waals surface area contributed by atoms with Crippen LogP contribution in [0, 0.1) is 19.8 Å². The summed E-state index contributed by atoms with van der Waals surface area (Å²) < 4.78 is 3.80. The van der Waals surface area contributed by atoms with Gasteiger partial charge in [0.15, 0.2) is 0 Å². The van der Waals surface area contributed by atoms with Crippen LogP contribution in [-0.4, -0.2) is 60.3 Å². The largest absolute Gasteiger partial charge is 0.390 e. The molecule has 0 radical (unpaired) electrons. The summed E-state index contributed by atoms with van der Waals surface area (Å²) in [7, 11) is 0. The van der Waals surface area contributed by atoms with Gasteiger partial charge in [-0.05, 0) is 45.2 Å². The van der Waals surface area contributed by atoms with Gasteiger partial charge in [-0.15, -0.1) is 0 Å². The van der Waals surface area contributed by atoms with E-state index < -0.39 is 0 Å². The normalized spacial score (nSPS) is 20.7. The lowest BCUT2D eigenvalue weighted by Crippen LogP contribution is -2.42. The second kappa shape index (κ2) is 7.23. The van der Waals surface area contributed by atoms with Crippen LogP contribution in [0.15, 0.2) is 18.5 Å². The Labute approximate surface area is 136 Å². The third-order valence-corrected chi connectivity index (χ3v) is 4.42. The Hall–Kier alpha value is -1.73. The van der Waals surface area contributed by atoms with Crippen molar-refractivity contribution in [1.29, 1.82) is 0 Å². The van der Waals surface area contributed by atoms with E-state index in [1.807, 2.05) is 30.8 Å². The molecule has 2 aromatic rings. The molecule has 1 saturated heterocycles. The number of aliphatic hydroxyl groups is 1. The maximum Gasteiger partial charge on any atom is 0.147 e. The lowest BCUT2D eigenvalue weighted by Gasteiger charge is -2.34. The molecule has 7 heteroatoms. The standard InChI is InChI=1S/C16H26N6O/c1-13-18-14(2)22(19-13)10-15-5-3-7-20(9-15)11-16(23)12-21-8-4-6-17-21/h4,6,8,15-16,23H,3,5,7,9-12H2,1-2H3. The number of hydrogen-bond donors (Lipinski definition) is 1. The number of aryl methyl sites for hydroxylation is 2. The fourth-order valence-corrected chi connectivity index (χ4v) is 3.43. The van der Waals surface area contributed by atoms with Gasteiger partial charge < -0.3 is 10.0 Å². The summed E-state index contributed by atoms with van der Waals surface area (Å²) in [5.41, 5.74) is 0. The molecular weight excluding hydrogens is 292 g/mol. The summed E-state index contributed by atoms with van der Waals surface area (Å²) >= 11 is 0. The minimum absolute atomic E-state index is 0.385. The molecule has 0 amide bonds. The lowest BCUT2D eigenvalue weighted by molar-refractivity contribution is 0.0680. The zero-order valence-electron chi connectivity index (χ0n) is 14.0. The quantitative estimate of drug-likeness (QED) is 0.855. The fourth-order valence-electron chi connectivity index (χ4n) is 3.43. The van der Waals surface area contributed by atoms with Gasteiger partial charge in [0.1, 0.15) is 11.6 Å². The van der Waals surface area contributed by atoms with Crippen molar-refractivity contribution in [2.24, 2.45) is 5.92 Å². The molecule has 0 aromatic carbocycles. The number of β-amino-alcohol motifs (C(OH)–C–C–N with tert-alkyl or cyclic N) is 1. The minimum Gasteiger partial charge on any atom is -0.390 e. The van der Waals surface area contributed by atoms with Gasteiger partial charge in [-0.2, -0.15) is 10.2 Å². The second-order valence-electron chi connectivity index (χ2n) is 6.54. The maximum absolute atomic E-state index is 10.3. The molecule has 0 saturated carbocycles. The van der Waals surface area contributed by atoms with Gasteiger partial charge >= 0.3 is 0 Å². The molecule has 23 heavy (non-hydrogen) atoms. The first-order chi connectivity index (χ1) is 11.1. The van der Waals surface area contributed by atoms with E-state index in [2.05, 4.69) is 20.1 Å². The molecule has 1 aliphatic heterocycles. The van der Waals surface area contributed by atoms with Crippen molar-refractivity contribution in [1.82, 2.24) is 29.4 Å². The Balaban J connectivity index is 1.50. The molecule has 0 spiro atoms. The minimum atomic E-state index is -0.385. The average Bonchev–Trinajstić information content (AvgIpc) is 3.09. The van der Waals surface area contributed by atoms with E-state index in [0.29, 0.717) is 19.0 Å². The number of likely N-dealkylation sites (tertiary alicyclic amines) is 1. The highest BCUT2D eigenvalue weighted by atomic mass is 16.3. The first-order valence-electron chi connectivity index (χ1n) is 8.36. The Kier molecular flexibility index (Phi) is 5.07. The van der Waals surface area contributed by atoms with Crippen LogP contribution in [0.3, 0.4) is 0 Å². The predicted octanol–water partition coefficient (Wildman–Crippen LogP) is 0.865. The van der Waals surface area contributed by atoms with E-state index in [1.165, 1.54) is 12.8 Å². The van der Waals surface area contributed by atoms with Gasteiger partial charge in [0.25, 0.3) is 0 Å². The molecule has 1 N–H and O–H groups in total. The molecule has 1 fully saturated rings. The van der Waals surface area contributed by atoms with E-state index in [1.54, 1.807) is 10.9 Å². The van der Waals surface area contributed by atoms with Crippen LogP contribution in [0.4, 0.5) is 0 Å². The van der Waals surface area contributed by atoms with E-state index in [0.717, 1.165) is 31.3 Å². The van der Waals surface area contributed by atoms with Crippen molar-refractivity contribution in [2.45, 2.75) is 45.9 Å². The molecule has 2 atom stereocenters. The third-order valence-electron chi connectivity index (χ3n) is 4.42. The van der Waals surface area contributed by atoms with Gasteiger partial charge in [0.2, 0.25) is 0 Å². The highest BCUT2D eigenvalue weighted by molar-refractivity contribution is 4.88. The molecule has 3 heterocycles. The van der Waals surface area contributed by atoms with Crippen LogP contribution in [0.25, 0.3) is 0 Å². The SMILES string of the molecule is Cc1nc(C)n(CC2CCCN(CC(O)Cn3cccn3)C2)n1. The van der Waals surface area contributed by atoms with E-state index in [9.17, 15) is 5.11 Å². The Morgan fingerprint density at radius 1 is 1.35 bits per heavy atom. The number of rotatable bonds is 6. The van der Waals surface area contributed by atoms with Crippen molar-refractivity contribution < 1.29 is 5.11 Å². The number of nitrogens with zero attached hydrogens (tertiary/aromatic N) is 6. The van der Waals surface area contributed by atoms with Crippen molar-refractivity contribution in [3.8, 4) is 0 Å². The summed E-state index contributed by atoms with van der Waals surface area (Å²) in [6, 6.07) is 1.88. The van der Waals surface area contributed by atoms with Gasteiger partial charge in [-0.1, -0.05) is 0 Å². The summed E-state index contributed by atoms with van der Waals surface area (Å²) in [5.74, 6) is 2.39. The molecule has 0 bridgehead atoms. The van der Waals surface area contributed by atoms with Gasteiger partial charge in [-0.3, -0.25) is 4.68 Å². The molecule has 3 rings (SSSR count). The smallest absolute Gasteiger partial charge is 0.147 e. The zero-order valence-corrected chi connectivity index (χ0v) is 14.0. The summed E-state index contributed by atoms with van der Waals surface area (Å²) in [6.07, 6.45) is 5.63. The molecule has 7 nitrogen and oxygen atoms in total. The van der Waals surface area contributed by atoms with Crippen LogP contribution >= 0.6 is 0 Å². The third kappa shape index (κ3) is 4.39. The van der Waals surface area contributed by atoms with Crippen molar-refractivity contribution in [2.75, 3.05) is 19.6 Å². The second-order valence-corrected chi connectivity index (χ2v) is 6.54. The summed E-state index contributed by atoms with van der Waals surface area (Å²) in [5, 5.41) is 18.9. The zero-order chi connectivity index (χ0) is 16.2. The summed E-state index contributed by atoms with van der Waals surface area (Å²) in [4.78, 5) is 6.74. The van der Waals surface area contributed by atoms with Crippen LogP contribution in [0.5, 0.6) is 0 Å². The Morgan fingerprint density at radius 2 is 2.22 bits per heavy atom. The van der Waals surface area contributed by atoms with E-state index >= 15 is 0 Å². The number of hydrogen-bond acceptors (Lipinski definition) is 5. The van der Waals surface area contributed by atoms with Gasteiger partial charge in [0.05, 0.1) is 12.6 Å². The van der Waals surface area contributed by atoms with E-state index in [-0.39, 0.29) is 6.10 Å². The van der Waals surface area contributed by atoms with Crippen molar-refractivity contribution >= 4 is 0 Å². The van der Waals surface area contributed by atoms with Crippen LogP contribution in [0.1, 0.15) is 24.5 Å². The lowest BCUT2D eigenvalue weighted by atomic mass is 9.97. The monoisotopic (exact) mass is 318 g/mol. The summed E-state index contributed by atoms with van der Waals surface area (Å²) in [6.45, 7) is 8.17.